The number of carbonyl (C=O) groups is 1. The Labute approximate surface area is 106 Å². The molecule has 1 rings (SSSR count). The molecule has 0 unspecified atom stereocenters. The lowest BCUT2D eigenvalue weighted by Crippen LogP contribution is -2.05. The lowest BCUT2D eigenvalue weighted by molar-refractivity contribution is 0.0697. The number of halogens is 1. The van der Waals surface area contributed by atoms with E-state index in [-0.39, 0.29) is 10.7 Å². The average molecular weight is 257 g/mol. The number of hydrogen-bond donors (Lipinski definition) is 2. The van der Waals surface area contributed by atoms with Crippen molar-refractivity contribution in [2.24, 2.45) is 0 Å². The number of nitrogens with zero attached hydrogens (tertiary/aromatic N) is 1. The maximum atomic E-state index is 10.8. The van der Waals surface area contributed by atoms with Crippen LogP contribution < -0.4 is 5.32 Å². The van der Waals surface area contributed by atoms with Crippen molar-refractivity contribution in [3.8, 4) is 0 Å². The first-order chi connectivity index (χ1) is 8.13. The molecule has 0 fully saturated rings. The Hall–Kier alpha value is -1.29. The Bertz CT molecular complexity index is 383. The van der Waals surface area contributed by atoms with E-state index in [2.05, 4.69) is 17.2 Å². The van der Waals surface area contributed by atoms with Crippen LogP contribution in [0, 0.1) is 0 Å². The Kier molecular flexibility index (Phi) is 5.77. The molecule has 0 aliphatic carbocycles. The number of carboxylic acid groups (broad SMARTS) is 1. The van der Waals surface area contributed by atoms with Crippen molar-refractivity contribution in [2.75, 3.05) is 11.9 Å². The van der Waals surface area contributed by atoms with Crippen molar-refractivity contribution in [3.63, 3.8) is 0 Å². The molecular weight excluding hydrogens is 240 g/mol. The van der Waals surface area contributed by atoms with Crippen LogP contribution in [0.5, 0.6) is 0 Å². The van der Waals surface area contributed by atoms with Gasteiger partial charge in [0.1, 0.15) is 11.0 Å². The summed E-state index contributed by atoms with van der Waals surface area (Å²) in [6, 6.07) is 2.83. The minimum Gasteiger partial charge on any atom is -0.478 e. The van der Waals surface area contributed by atoms with Crippen LogP contribution >= 0.6 is 11.6 Å². The minimum absolute atomic E-state index is 0.154. The third kappa shape index (κ3) is 5.04. The van der Waals surface area contributed by atoms with Crippen LogP contribution in [0.3, 0.4) is 0 Å². The highest BCUT2D eigenvalue weighted by molar-refractivity contribution is 6.29. The molecule has 0 aliphatic rings. The second kappa shape index (κ2) is 7.12. The summed E-state index contributed by atoms with van der Waals surface area (Å²) in [5.41, 5.74) is 0.154. The smallest absolute Gasteiger partial charge is 0.335 e. The van der Waals surface area contributed by atoms with Gasteiger partial charge >= 0.3 is 5.97 Å². The molecule has 0 saturated carbocycles. The number of hydrogen-bond acceptors (Lipinski definition) is 3. The fourth-order valence-corrected chi connectivity index (χ4v) is 1.69. The fraction of sp³-hybridized carbons (Fsp3) is 0.500. The van der Waals surface area contributed by atoms with E-state index < -0.39 is 5.97 Å². The van der Waals surface area contributed by atoms with Gasteiger partial charge in [-0.2, -0.15) is 0 Å². The van der Waals surface area contributed by atoms with Crippen molar-refractivity contribution < 1.29 is 9.90 Å². The van der Waals surface area contributed by atoms with E-state index in [4.69, 9.17) is 16.7 Å². The summed E-state index contributed by atoms with van der Waals surface area (Å²) in [5.74, 6) is -0.477. The highest BCUT2D eigenvalue weighted by Gasteiger charge is 2.06. The SMILES string of the molecule is CCCCCCNc1cc(C(=O)O)cc(Cl)n1. The van der Waals surface area contributed by atoms with Gasteiger partial charge in [0.2, 0.25) is 0 Å². The highest BCUT2D eigenvalue weighted by atomic mass is 35.5. The summed E-state index contributed by atoms with van der Waals surface area (Å²) in [4.78, 5) is 14.8. The molecule has 1 aromatic heterocycles. The summed E-state index contributed by atoms with van der Waals surface area (Å²) < 4.78 is 0. The number of carboxylic acids is 1. The highest BCUT2D eigenvalue weighted by Crippen LogP contribution is 2.14. The maximum Gasteiger partial charge on any atom is 0.335 e. The molecule has 5 heteroatoms. The molecular formula is C12H17ClN2O2. The van der Waals surface area contributed by atoms with Crippen LogP contribution in [-0.2, 0) is 0 Å². The van der Waals surface area contributed by atoms with E-state index >= 15 is 0 Å². The topological polar surface area (TPSA) is 62.2 Å². The number of rotatable bonds is 7. The summed E-state index contributed by atoms with van der Waals surface area (Å²) in [6.45, 7) is 2.94. The van der Waals surface area contributed by atoms with Gasteiger partial charge in [0.25, 0.3) is 0 Å². The number of nitrogens with one attached hydrogen (secondary N) is 1. The maximum absolute atomic E-state index is 10.8. The predicted molar refractivity (Wildman–Crippen MR) is 68.8 cm³/mol. The van der Waals surface area contributed by atoms with E-state index in [1.807, 2.05) is 0 Å². The van der Waals surface area contributed by atoms with Crippen LogP contribution in [0.4, 0.5) is 5.82 Å². The predicted octanol–water partition coefficient (Wildman–Crippen LogP) is 3.43. The molecule has 0 aliphatic heterocycles. The van der Waals surface area contributed by atoms with Gasteiger partial charge in [0, 0.05) is 6.54 Å². The zero-order chi connectivity index (χ0) is 12.7. The first-order valence-corrected chi connectivity index (χ1v) is 6.16. The number of anilines is 1. The third-order valence-corrected chi connectivity index (χ3v) is 2.57. The molecule has 0 amide bonds. The van der Waals surface area contributed by atoms with Gasteiger partial charge < -0.3 is 10.4 Å². The molecule has 0 radical (unpaired) electrons. The van der Waals surface area contributed by atoms with E-state index in [0.29, 0.717) is 5.82 Å². The average Bonchev–Trinajstić information content (AvgIpc) is 2.28. The van der Waals surface area contributed by atoms with Gasteiger partial charge in [-0.3, -0.25) is 0 Å². The number of aromatic nitrogens is 1. The Morgan fingerprint density at radius 3 is 2.82 bits per heavy atom. The molecule has 1 aromatic rings. The van der Waals surface area contributed by atoms with Crippen LogP contribution in [0.1, 0.15) is 43.0 Å². The largest absolute Gasteiger partial charge is 0.478 e. The lowest BCUT2D eigenvalue weighted by atomic mass is 10.2. The molecule has 0 spiro atoms. The first kappa shape index (κ1) is 13.8. The van der Waals surface area contributed by atoms with Gasteiger partial charge in [-0.05, 0) is 18.6 Å². The number of aromatic carboxylic acids is 1. The van der Waals surface area contributed by atoms with Crippen LogP contribution in [0.25, 0.3) is 0 Å². The fourth-order valence-electron chi connectivity index (χ4n) is 1.48. The van der Waals surface area contributed by atoms with Gasteiger partial charge in [0.15, 0.2) is 0 Å². The summed E-state index contributed by atoms with van der Waals surface area (Å²) in [5, 5.41) is 12.1. The summed E-state index contributed by atoms with van der Waals surface area (Å²) >= 11 is 5.74. The van der Waals surface area contributed by atoms with Crippen molar-refractivity contribution in [1.29, 1.82) is 0 Å². The second-order valence-corrected chi connectivity index (χ2v) is 4.24. The summed E-state index contributed by atoms with van der Waals surface area (Å²) in [7, 11) is 0. The first-order valence-electron chi connectivity index (χ1n) is 5.78. The number of pyridine rings is 1. The monoisotopic (exact) mass is 256 g/mol. The Balaban J connectivity index is 2.50. The van der Waals surface area contributed by atoms with Crippen LogP contribution in [0.15, 0.2) is 12.1 Å². The zero-order valence-electron chi connectivity index (χ0n) is 9.87. The lowest BCUT2D eigenvalue weighted by Gasteiger charge is -2.06. The molecule has 0 saturated heterocycles. The molecule has 4 nitrogen and oxygen atoms in total. The van der Waals surface area contributed by atoms with Crippen molar-refractivity contribution in [1.82, 2.24) is 4.98 Å². The zero-order valence-corrected chi connectivity index (χ0v) is 10.6. The van der Waals surface area contributed by atoms with Crippen molar-refractivity contribution in [2.45, 2.75) is 32.6 Å². The van der Waals surface area contributed by atoms with Gasteiger partial charge in [-0.25, -0.2) is 9.78 Å². The van der Waals surface area contributed by atoms with E-state index in [1.165, 1.54) is 25.0 Å². The van der Waals surface area contributed by atoms with Gasteiger partial charge in [-0.15, -0.1) is 0 Å². The van der Waals surface area contributed by atoms with Crippen LogP contribution in [0.2, 0.25) is 5.15 Å². The van der Waals surface area contributed by atoms with Crippen LogP contribution in [-0.4, -0.2) is 22.6 Å². The molecule has 0 atom stereocenters. The third-order valence-electron chi connectivity index (χ3n) is 2.38. The van der Waals surface area contributed by atoms with Crippen molar-refractivity contribution in [3.05, 3.63) is 22.8 Å². The van der Waals surface area contributed by atoms with E-state index in [1.54, 1.807) is 0 Å². The molecule has 94 valence electrons. The van der Waals surface area contributed by atoms with Crippen molar-refractivity contribution >= 4 is 23.4 Å². The minimum atomic E-state index is -0.997. The van der Waals surface area contributed by atoms with Gasteiger partial charge in [0.05, 0.1) is 5.56 Å². The Morgan fingerprint density at radius 1 is 1.41 bits per heavy atom. The van der Waals surface area contributed by atoms with E-state index in [0.717, 1.165) is 19.4 Å². The quantitative estimate of drug-likeness (QED) is 0.580. The molecule has 17 heavy (non-hydrogen) atoms. The number of unbranched alkanes of at least 4 members (excludes halogenated alkanes) is 3. The molecule has 1 heterocycles. The molecule has 0 aromatic carbocycles. The van der Waals surface area contributed by atoms with E-state index in [9.17, 15) is 4.79 Å². The normalized spacial score (nSPS) is 10.2. The standard InChI is InChI=1S/C12H17ClN2O2/c1-2-3-4-5-6-14-11-8-9(12(16)17)7-10(13)15-11/h7-8H,2-6H2,1H3,(H,14,15)(H,16,17). The summed E-state index contributed by atoms with van der Waals surface area (Å²) in [6.07, 6.45) is 4.61. The molecule has 2 N–H and O–H groups in total. The second-order valence-electron chi connectivity index (χ2n) is 3.86. The Morgan fingerprint density at radius 2 is 2.18 bits per heavy atom. The molecule has 0 bridgehead atoms. The van der Waals surface area contributed by atoms with Gasteiger partial charge in [-0.1, -0.05) is 37.8 Å².